The average Bonchev–Trinajstić information content (AvgIpc) is 2.43. The molecule has 0 bridgehead atoms. The maximum atomic E-state index is 11.9. The molecule has 1 rings (SSSR count). The first kappa shape index (κ1) is 16.5. The van der Waals surface area contributed by atoms with Crippen molar-refractivity contribution in [2.45, 2.75) is 26.4 Å². The van der Waals surface area contributed by atoms with Gasteiger partial charge in [0.2, 0.25) is 0 Å². The summed E-state index contributed by atoms with van der Waals surface area (Å²) in [6.45, 7) is 3.51. The van der Waals surface area contributed by atoms with Crippen molar-refractivity contribution in [3.05, 3.63) is 29.3 Å². The van der Waals surface area contributed by atoms with Gasteiger partial charge in [-0.25, -0.2) is 4.79 Å². The third-order valence-electron chi connectivity index (χ3n) is 2.94. The van der Waals surface area contributed by atoms with Crippen molar-refractivity contribution in [2.75, 3.05) is 13.6 Å². The highest BCUT2D eigenvalue weighted by Crippen LogP contribution is 2.20. The van der Waals surface area contributed by atoms with E-state index in [1.165, 1.54) is 31.0 Å². The normalized spacial score (nSPS) is 11.3. The molecule has 6 nitrogen and oxygen atoms in total. The minimum absolute atomic E-state index is 0.0138. The van der Waals surface area contributed by atoms with Crippen molar-refractivity contribution >= 4 is 11.9 Å². The largest absolute Gasteiger partial charge is 0.507 e. The van der Waals surface area contributed by atoms with E-state index in [0.717, 1.165) is 5.56 Å². The van der Waals surface area contributed by atoms with Crippen molar-refractivity contribution < 1.29 is 19.4 Å². The summed E-state index contributed by atoms with van der Waals surface area (Å²) in [6.07, 6.45) is -0.774. The number of rotatable bonds is 5. The number of aryl methyl sites for hydroxylation is 1. The summed E-state index contributed by atoms with van der Waals surface area (Å²) in [4.78, 5) is 25.2. The highest BCUT2D eigenvalue weighted by Gasteiger charge is 2.23. The molecule has 1 aromatic rings. The highest BCUT2D eigenvalue weighted by atomic mass is 16.5. The Bertz CT molecular complexity index is 578. The molecule has 1 aromatic carbocycles. The van der Waals surface area contributed by atoms with Crippen LogP contribution >= 0.6 is 0 Å². The fraction of sp³-hybridized carbons (Fsp3) is 0.400. The molecule has 0 saturated heterocycles. The number of phenolic OH excluding ortho intramolecular Hbond substituents is 1. The molecule has 1 N–H and O–H groups in total. The van der Waals surface area contributed by atoms with E-state index in [0.29, 0.717) is 0 Å². The Morgan fingerprint density at radius 2 is 2.14 bits per heavy atom. The van der Waals surface area contributed by atoms with E-state index in [9.17, 15) is 14.7 Å². The van der Waals surface area contributed by atoms with Gasteiger partial charge < -0.3 is 14.7 Å². The lowest BCUT2D eigenvalue weighted by Crippen LogP contribution is -2.37. The number of carbonyl (C=O) groups excluding carboxylic acids is 2. The Labute approximate surface area is 123 Å². The van der Waals surface area contributed by atoms with Crippen LogP contribution in [0.5, 0.6) is 5.75 Å². The summed E-state index contributed by atoms with van der Waals surface area (Å²) in [6, 6.07) is 6.50. The number of likely N-dealkylation sites (N-methyl/N-ethyl adjacent to an activating group) is 1. The number of hydrogen-bond donors (Lipinski definition) is 1. The molecule has 0 aromatic heterocycles. The lowest BCUT2D eigenvalue weighted by atomic mass is 10.1. The number of aromatic hydroxyl groups is 1. The molecule has 1 amide bonds. The van der Waals surface area contributed by atoms with Gasteiger partial charge in [-0.1, -0.05) is 6.07 Å². The molecule has 0 aliphatic heterocycles. The summed E-state index contributed by atoms with van der Waals surface area (Å²) in [7, 11) is 1.54. The molecule has 21 heavy (non-hydrogen) atoms. The van der Waals surface area contributed by atoms with Crippen molar-refractivity contribution in [2.24, 2.45) is 0 Å². The molecule has 0 heterocycles. The van der Waals surface area contributed by atoms with Crippen LogP contribution in [0.3, 0.4) is 0 Å². The predicted molar refractivity (Wildman–Crippen MR) is 75.6 cm³/mol. The number of phenols is 1. The lowest BCUT2D eigenvalue weighted by molar-refractivity contribution is -0.138. The molecular formula is C15H18N2O4. The van der Waals surface area contributed by atoms with Gasteiger partial charge in [0.15, 0.2) is 6.10 Å². The first-order chi connectivity index (χ1) is 9.86. The fourth-order valence-electron chi connectivity index (χ4n) is 1.73. The number of nitrogens with zero attached hydrogens (tertiary/aromatic N) is 2. The molecule has 0 radical (unpaired) electrons. The minimum atomic E-state index is -0.984. The molecule has 0 saturated carbocycles. The van der Waals surface area contributed by atoms with Gasteiger partial charge >= 0.3 is 5.97 Å². The van der Waals surface area contributed by atoms with Gasteiger partial charge in [0.25, 0.3) is 5.91 Å². The molecule has 0 aliphatic rings. The van der Waals surface area contributed by atoms with E-state index in [1.54, 1.807) is 13.0 Å². The second kappa shape index (κ2) is 7.29. The van der Waals surface area contributed by atoms with E-state index >= 15 is 0 Å². The molecule has 0 fully saturated rings. The Morgan fingerprint density at radius 1 is 1.48 bits per heavy atom. The maximum absolute atomic E-state index is 11.9. The smallest absolute Gasteiger partial charge is 0.342 e. The third-order valence-corrected chi connectivity index (χ3v) is 2.94. The van der Waals surface area contributed by atoms with E-state index in [-0.39, 0.29) is 24.3 Å². The van der Waals surface area contributed by atoms with Gasteiger partial charge in [-0.2, -0.15) is 5.26 Å². The second-order valence-electron chi connectivity index (χ2n) is 4.74. The summed E-state index contributed by atoms with van der Waals surface area (Å²) in [5, 5.41) is 18.2. The lowest BCUT2D eigenvalue weighted by Gasteiger charge is -2.20. The Balaban J connectivity index is 2.69. The quantitative estimate of drug-likeness (QED) is 0.832. The molecular weight excluding hydrogens is 272 g/mol. The second-order valence-corrected chi connectivity index (χ2v) is 4.74. The number of esters is 1. The molecule has 6 heteroatoms. The van der Waals surface area contributed by atoms with Crippen molar-refractivity contribution in [3.63, 3.8) is 0 Å². The van der Waals surface area contributed by atoms with Crippen LogP contribution in [0.25, 0.3) is 0 Å². The minimum Gasteiger partial charge on any atom is -0.507 e. The fourth-order valence-corrected chi connectivity index (χ4v) is 1.73. The molecule has 0 aliphatic carbocycles. The predicted octanol–water partition coefficient (Wildman–Crippen LogP) is 1.62. The first-order valence-corrected chi connectivity index (χ1v) is 6.49. The number of nitriles is 1. The SMILES string of the molecule is Cc1ccc(C(=O)O[C@H](C)C(=O)N(C)CCC#N)c(O)c1. The number of benzene rings is 1. The van der Waals surface area contributed by atoms with Crippen molar-refractivity contribution in [1.82, 2.24) is 4.90 Å². The molecule has 112 valence electrons. The van der Waals surface area contributed by atoms with Crippen molar-refractivity contribution in [1.29, 1.82) is 5.26 Å². The van der Waals surface area contributed by atoms with Gasteiger partial charge in [-0.15, -0.1) is 0 Å². The van der Waals surface area contributed by atoms with Gasteiger partial charge in [0.1, 0.15) is 11.3 Å². The van der Waals surface area contributed by atoms with Crippen molar-refractivity contribution in [3.8, 4) is 11.8 Å². The number of amides is 1. The van der Waals surface area contributed by atoms with Crippen LogP contribution in [-0.4, -0.2) is 41.6 Å². The van der Waals surface area contributed by atoms with Crippen LogP contribution in [0.1, 0.15) is 29.3 Å². The van der Waals surface area contributed by atoms with Gasteiger partial charge in [0, 0.05) is 13.6 Å². The van der Waals surface area contributed by atoms with Gasteiger partial charge in [0.05, 0.1) is 12.5 Å². The van der Waals surface area contributed by atoms with E-state index in [4.69, 9.17) is 10.00 Å². The zero-order valence-electron chi connectivity index (χ0n) is 12.3. The van der Waals surface area contributed by atoms with Gasteiger partial charge in [-0.3, -0.25) is 4.79 Å². The van der Waals surface area contributed by atoms with E-state index < -0.39 is 18.0 Å². The average molecular weight is 290 g/mol. The topological polar surface area (TPSA) is 90.6 Å². The summed E-state index contributed by atoms with van der Waals surface area (Å²) in [5.74, 6) is -1.34. The van der Waals surface area contributed by atoms with Crippen LogP contribution in [0, 0.1) is 18.3 Å². The standard InChI is InChI=1S/C15H18N2O4/c1-10-5-6-12(13(18)9-10)15(20)21-11(2)14(19)17(3)8-4-7-16/h5-6,9,11,18H,4,8H2,1-3H3/t11-/m1/s1. The van der Waals surface area contributed by atoms with Crippen LogP contribution in [0.2, 0.25) is 0 Å². The number of carbonyl (C=O) groups is 2. The monoisotopic (exact) mass is 290 g/mol. The Morgan fingerprint density at radius 3 is 2.71 bits per heavy atom. The summed E-state index contributed by atoms with van der Waals surface area (Å²) in [5.41, 5.74) is 0.823. The Hall–Kier alpha value is -2.55. The molecule has 0 spiro atoms. The zero-order valence-corrected chi connectivity index (χ0v) is 12.3. The van der Waals surface area contributed by atoms with Crippen LogP contribution in [-0.2, 0) is 9.53 Å². The molecule has 0 unspecified atom stereocenters. The van der Waals surface area contributed by atoms with E-state index in [2.05, 4.69) is 0 Å². The zero-order chi connectivity index (χ0) is 16.0. The van der Waals surface area contributed by atoms with Crippen LogP contribution < -0.4 is 0 Å². The van der Waals surface area contributed by atoms with Crippen LogP contribution in [0.15, 0.2) is 18.2 Å². The molecule has 1 atom stereocenters. The Kier molecular flexibility index (Phi) is 5.73. The summed E-state index contributed by atoms with van der Waals surface area (Å²) >= 11 is 0. The highest BCUT2D eigenvalue weighted by molar-refractivity contribution is 5.94. The third kappa shape index (κ3) is 4.49. The maximum Gasteiger partial charge on any atom is 0.342 e. The summed E-state index contributed by atoms with van der Waals surface area (Å²) < 4.78 is 5.05. The van der Waals surface area contributed by atoms with E-state index in [1.807, 2.05) is 6.07 Å². The van der Waals surface area contributed by atoms with Crippen LogP contribution in [0.4, 0.5) is 0 Å². The number of hydrogen-bond acceptors (Lipinski definition) is 5. The number of ether oxygens (including phenoxy) is 1. The van der Waals surface area contributed by atoms with Gasteiger partial charge in [-0.05, 0) is 31.5 Å². The first-order valence-electron chi connectivity index (χ1n) is 6.49.